The molecule has 3 N–H and O–H groups in total. The Morgan fingerprint density at radius 1 is 1.05 bits per heavy atom. The van der Waals surface area contributed by atoms with Gasteiger partial charge in [-0.25, -0.2) is 19.3 Å². The van der Waals surface area contributed by atoms with Gasteiger partial charge in [-0.2, -0.15) is 0 Å². The van der Waals surface area contributed by atoms with Crippen LogP contribution in [0.3, 0.4) is 0 Å². The molecular weight excluding hydrogens is 467 g/mol. The molecule has 0 unspecified atom stereocenters. The highest BCUT2D eigenvalue weighted by molar-refractivity contribution is 6.06. The van der Waals surface area contributed by atoms with E-state index in [1.807, 2.05) is 32.2 Å². The van der Waals surface area contributed by atoms with E-state index in [2.05, 4.69) is 55.0 Å². The van der Waals surface area contributed by atoms with Crippen molar-refractivity contribution in [3.05, 3.63) is 59.7 Å². The van der Waals surface area contributed by atoms with Crippen molar-refractivity contribution in [2.45, 2.75) is 40.3 Å². The van der Waals surface area contributed by atoms with Crippen LogP contribution >= 0.6 is 0 Å². The maximum Gasteiger partial charge on any atom is 0.229 e. The molecule has 0 bridgehead atoms. The second kappa shape index (κ2) is 11.7. The molecule has 0 spiro atoms. The normalized spacial score (nSPS) is 15.5. The van der Waals surface area contributed by atoms with Crippen molar-refractivity contribution < 1.29 is 4.39 Å². The fourth-order valence-electron chi connectivity index (χ4n) is 4.65. The van der Waals surface area contributed by atoms with Gasteiger partial charge in [0, 0.05) is 74.5 Å². The van der Waals surface area contributed by atoms with Crippen molar-refractivity contribution in [2.24, 2.45) is 10.9 Å². The van der Waals surface area contributed by atoms with Crippen molar-refractivity contribution in [3.63, 3.8) is 0 Å². The van der Waals surface area contributed by atoms with Crippen LogP contribution in [-0.2, 0) is 6.54 Å². The Morgan fingerprint density at radius 3 is 2.43 bits per heavy atom. The lowest BCUT2D eigenvalue weighted by molar-refractivity contribution is 0.104. The number of aromatic nitrogens is 3. The van der Waals surface area contributed by atoms with Crippen LogP contribution in [0, 0.1) is 11.7 Å². The number of rotatable bonds is 8. The van der Waals surface area contributed by atoms with Crippen molar-refractivity contribution in [3.8, 4) is 11.3 Å². The summed E-state index contributed by atoms with van der Waals surface area (Å²) in [5.74, 6) is 0.535. The van der Waals surface area contributed by atoms with Gasteiger partial charge in [-0.05, 0) is 43.5 Å². The molecule has 1 fully saturated rings. The molecule has 0 aliphatic carbocycles. The summed E-state index contributed by atoms with van der Waals surface area (Å²) >= 11 is 0. The number of anilines is 3. The minimum atomic E-state index is -0.512. The predicted molar refractivity (Wildman–Crippen MR) is 149 cm³/mol. The summed E-state index contributed by atoms with van der Waals surface area (Å²) in [5.41, 5.74) is 10.4. The van der Waals surface area contributed by atoms with Crippen LogP contribution in [0.5, 0.6) is 0 Å². The highest BCUT2D eigenvalue weighted by Crippen LogP contribution is 2.27. The Kier molecular flexibility index (Phi) is 8.45. The van der Waals surface area contributed by atoms with Crippen LogP contribution in [0.15, 0.2) is 47.7 Å². The molecule has 1 aliphatic rings. The highest BCUT2D eigenvalue weighted by atomic mass is 19.1. The van der Waals surface area contributed by atoms with Crippen LogP contribution in [0.1, 0.15) is 38.8 Å². The Labute approximate surface area is 218 Å². The Hall–Kier alpha value is -3.43. The molecule has 37 heavy (non-hydrogen) atoms. The number of pyridine rings is 1. The highest BCUT2D eigenvalue weighted by Gasteiger charge is 2.19. The van der Waals surface area contributed by atoms with Crippen LogP contribution in [0.2, 0.25) is 0 Å². The SMILES string of the molecule is CN=C(c1cc(-c2nc(Nc3ccc(CN4CCN(C(C)C)CC4)cn3)ncc2F)ccc1N)C(C)C. The maximum atomic E-state index is 14.8. The second-order valence-corrected chi connectivity index (χ2v) is 10.0. The standard InChI is InChI=1S/C28H37FN8/c1-18(2)26(31-5)22-14-21(7-8-24(22)30)27-23(29)16-33-28(35-27)34-25-9-6-20(15-32-25)17-36-10-12-37(13-11-36)19(3)4/h6-9,14-16,18-19H,10-13,17,30H2,1-5H3,(H,32,33,34,35). The van der Waals surface area contributed by atoms with E-state index in [0.29, 0.717) is 23.1 Å². The van der Waals surface area contributed by atoms with E-state index in [1.54, 1.807) is 19.2 Å². The lowest BCUT2D eigenvalue weighted by Crippen LogP contribution is -2.48. The van der Waals surface area contributed by atoms with Crippen molar-refractivity contribution >= 4 is 23.2 Å². The number of hydrogen-bond donors (Lipinski definition) is 2. The largest absolute Gasteiger partial charge is 0.398 e. The summed E-state index contributed by atoms with van der Waals surface area (Å²) in [7, 11) is 1.74. The fourth-order valence-corrected chi connectivity index (χ4v) is 4.65. The number of aliphatic imine (C=N–C) groups is 1. The summed E-state index contributed by atoms with van der Waals surface area (Å²) in [6.07, 6.45) is 3.04. The molecule has 3 heterocycles. The van der Waals surface area contributed by atoms with Crippen molar-refractivity contribution in [1.29, 1.82) is 0 Å². The molecule has 0 saturated carbocycles. The first-order chi connectivity index (χ1) is 17.7. The van der Waals surface area contributed by atoms with E-state index in [-0.39, 0.29) is 17.6 Å². The Morgan fingerprint density at radius 2 is 1.81 bits per heavy atom. The third kappa shape index (κ3) is 6.47. The molecule has 4 rings (SSSR count). The van der Waals surface area contributed by atoms with E-state index < -0.39 is 5.82 Å². The number of nitrogens with two attached hydrogens (primary N) is 1. The zero-order valence-electron chi connectivity index (χ0n) is 22.4. The second-order valence-electron chi connectivity index (χ2n) is 10.0. The van der Waals surface area contributed by atoms with Crippen LogP contribution in [0.4, 0.5) is 21.8 Å². The lowest BCUT2D eigenvalue weighted by Gasteiger charge is -2.36. The van der Waals surface area contributed by atoms with Gasteiger partial charge in [-0.3, -0.25) is 14.8 Å². The summed E-state index contributed by atoms with van der Waals surface area (Å²) in [5, 5.41) is 3.10. The van der Waals surface area contributed by atoms with Gasteiger partial charge < -0.3 is 11.1 Å². The molecule has 3 aromatic rings. The van der Waals surface area contributed by atoms with Crippen LogP contribution < -0.4 is 11.1 Å². The van der Waals surface area contributed by atoms with Gasteiger partial charge in [-0.1, -0.05) is 26.0 Å². The van der Waals surface area contributed by atoms with Gasteiger partial charge in [0.15, 0.2) is 5.82 Å². The number of nitrogen functional groups attached to an aromatic ring is 1. The van der Waals surface area contributed by atoms with Gasteiger partial charge in [-0.15, -0.1) is 0 Å². The zero-order valence-corrected chi connectivity index (χ0v) is 22.4. The molecule has 9 heteroatoms. The van der Waals surface area contributed by atoms with E-state index >= 15 is 0 Å². The van der Waals surface area contributed by atoms with Crippen LogP contribution in [0.25, 0.3) is 11.3 Å². The summed E-state index contributed by atoms with van der Waals surface area (Å²) in [4.78, 5) is 22.4. The third-order valence-corrected chi connectivity index (χ3v) is 6.74. The topological polar surface area (TPSA) is 95.6 Å². The quantitative estimate of drug-likeness (QED) is 0.342. The number of piperazine rings is 1. The van der Waals surface area contributed by atoms with Gasteiger partial charge in [0.1, 0.15) is 11.5 Å². The molecule has 0 atom stereocenters. The van der Waals surface area contributed by atoms with E-state index in [9.17, 15) is 4.39 Å². The van der Waals surface area contributed by atoms with Crippen LogP contribution in [-0.4, -0.2) is 69.7 Å². The summed E-state index contributed by atoms with van der Waals surface area (Å²) in [6, 6.07) is 9.90. The minimum Gasteiger partial charge on any atom is -0.398 e. The van der Waals surface area contributed by atoms with E-state index in [0.717, 1.165) is 49.6 Å². The van der Waals surface area contributed by atoms with Gasteiger partial charge in [0.2, 0.25) is 5.95 Å². The number of benzene rings is 1. The molecule has 8 nitrogen and oxygen atoms in total. The Bertz CT molecular complexity index is 1230. The number of hydrogen-bond acceptors (Lipinski definition) is 8. The third-order valence-electron chi connectivity index (χ3n) is 6.74. The average Bonchev–Trinajstić information content (AvgIpc) is 2.88. The van der Waals surface area contributed by atoms with Gasteiger partial charge >= 0.3 is 0 Å². The first kappa shape index (κ1) is 26.6. The molecule has 1 aromatic carbocycles. The molecule has 2 aromatic heterocycles. The average molecular weight is 505 g/mol. The maximum absolute atomic E-state index is 14.8. The zero-order chi connectivity index (χ0) is 26.5. The van der Waals surface area contributed by atoms with E-state index in [4.69, 9.17) is 5.73 Å². The molecule has 196 valence electrons. The Balaban J connectivity index is 1.47. The van der Waals surface area contributed by atoms with Gasteiger partial charge in [0.05, 0.1) is 6.20 Å². The first-order valence-electron chi connectivity index (χ1n) is 12.8. The number of halogens is 1. The van der Waals surface area contributed by atoms with Crippen molar-refractivity contribution in [1.82, 2.24) is 24.8 Å². The molecule has 1 aliphatic heterocycles. The fraction of sp³-hybridized carbons (Fsp3) is 0.429. The first-order valence-corrected chi connectivity index (χ1v) is 12.8. The number of nitrogens with zero attached hydrogens (tertiary/aromatic N) is 6. The van der Waals surface area contributed by atoms with Crippen molar-refractivity contribution in [2.75, 3.05) is 44.3 Å². The summed E-state index contributed by atoms with van der Waals surface area (Å²) < 4.78 is 14.8. The lowest BCUT2D eigenvalue weighted by atomic mass is 9.95. The number of nitrogens with one attached hydrogen (secondary N) is 1. The van der Waals surface area contributed by atoms with E-state index in [1.165, 1.54) is 6.20 Å². The molecule has 0 amide bonds. The molecular formula is C28H37FN8. The summed E-state index contributed by atoms with van der Waals surface area (Å²) in [6.45, 7) is 13.8. The molecule has 0 radical (unpaired) electrons. The predicted octanol–water partition coefficient (Wildman–Crippen LogP) is 4.60. The monoisotopic (exact) mass is 504 g/mol. The van der Waals surface area contributed by atoms with Gasteiger partial charge in [0.25, 0.3) is 0 Å². The minimum absolute atomic E-state index is 0.175. The smallest absolute Gasteiger partial charge is 0.229 e. The molecule has 1 saturated heterocycles.